The highest BCUT2D eigenvalue weighted by atomic mass is 16.5. The van der Waals surface area contributed by atoms with E-state index in [9.17, 15) is 19.5 Å². The lowest BCUT2D eigenvalue weighted by Gasteiger charge is -2.38. The predicted octanol–water partition coefficient (Wildman–Crippen LogP) is 3.57. The predicted molar refractivity (Wildman–Crippen MR) is 117 cm³/mol. The molecule has 0 saturated carbocycles. The molecule has 7 nitrogen and oxygen atoms in total. The third-order valence-corrected chi connectivity index (χ3v) is 5.87. The minimum absolute atomic E-state index is 0.190. The number of benzene rings is 2. The van der Waals surface area contributed by atoms with Crippen molar-refractivity contribution in [2.45, 2.75) is 45.6 Å². The number of para-hydroxylation sites is 1. The molecule has 0 bridgehead atoms. The van der Waals surface area contributed by atoms with E-state index in [1.807, 2.05) is 6.92 Å². The quantitative estimate of drug-likeness (QED) is 0.706. The third kappa shape index (κ3) is 4.71. The summed E-state index contributed by atoms with van der Waals surface area (Å²) in [7, 11) is 0. The van der Waals surface area contributed by atoms with Crippen LogP contribution in [0.4, 0.5) is 5.69 Å². The zero-order valence-corrected chi connectivity index (χ0v) is 18.0. The van der Waals surface area contributed by atoms with Crippen LogP contribution in [0.1, 0.15) is 55.5 Å². The largest absolute Gasteiger partial charge is 0.494 e. The van der Waals surface area contributed by atoms with Crippen molar-refractivity contribution in [1.82, 2.24) is 0 Å². The van der Waals surface area contributed by atoms with Crippen LogP contribution in [0, 0.1) is 5.41 Å². The zero-order valence-electron chi connectivity index (χ0n) is 18.0. The molecule has 7 heteroatoms. The van der Waals surface area contributed by atoms with Crippen molar-refractivity contribution in [3.05, 3.63) is 59.7 Å². The van der Waals surface area contributed by atoms with Crippen LogP contribution < -0.4 is 15.4 Å². The van der Waals surface area contributed by atoms with Crippen LogP contribution in [0.25, 0.3) is 0 Å². The molecule has 3 rings (SSSR count). The highest BCUT2D eigenvalue weighted by Crippen LogP contribution is 2.39. The van der Waals surface area contributed by atoms with Gasteiger partial charge in [-0.25, -0.2) is 0 Å². The fraction of sp³-hybridized carbons (Fsp3) is 0.375. The Hall–Kier alpha value is -3.35. The highest BCUT2D eigenvalue weighted by Gasteiger charge is 2.37. The Labute approximate surface area is 181 Å². The van der Waals surface area contributed by atoms with Crippen LogP contribution in [0.5, 0.6) is 5.75 Å². The van der Waals surface area contributed by atoms with Crippen molar-refractivity contribution in [3.8, 4) is 5.75 Å². The molecule has 1 aliphatic heterocycles. The number of rotatable bonds is 7. The van der Waals surface area contributed by atoms with Gasteiger partial charge in [0.05, 0.1) is 12.5 Å². The molecule has 2 amide bonds. The van der Waals surface area contributed by atoms with Crippen LogP contribution in [0.15, 0.2) is 48.5 Å². The molecule has 164 valence electrons. The Morgan fingerprint density at radius 3 is 2.39 bits per heavy atom. The summed E-state index contributed by atoms with van der Waals surface area (Å²) in [5.74, 6) is -1.48. The molecule has 1 heterocycles. The van der Waals surface area contributed by atoms with Crippen molar-refractivity contribution in [3.63, 3.8) is 0 Å². The smallest absolute Gasteiger partial charge is 0.311 e. The Morgan fingerprint density at radius 2 is 1.77 bits per heavy atom. The van der Waals surface area contributed by atoms with Gasteiger partial charge in [0.1, 0.15) is 5.75 Å². The molecule has 2 aromatic carbocycles. The standard InChI is InChI=1S/C24H28N2O5/c1-15-14-19(22(28)29)18-6-4-5-7-20(18)26(15)21(27)16-8-10-17(11-9-16)31-13-12-24(2,3)23(25)30/h4-11,15,19H,12-14H2,1-3H3,(H2,25,30)(H,28,29). The lowest BCUT2D eigenvalue weighted by atomic mass is 9.85. The number of anilines is 1. The summed E-state index contributed by atoms with van der Waals surface area (Å²) in [6.45, 7) is 5.73. The van der Waals surface area contributed by atoms with Crippen LogP contribution in [-0.4, -0.2) is 35.5 Å². The number of ether oxygens (including phenoxy) is 1. The molecule has 0 saturated heterocycles. The summed E-state index contributed by atoms with van der Waals surface area (Å²) in [4.78, 5) is 38.0. The van der Waals surface area contributed by atoms with Crippen LogP contribution in [-0.2, 0) is 9.59 Å². The second-order valence-corrected chi connectivity index (χ2v) is 8.58. The number of aliphatic carboxylic acids is 1. The Morgan fingerprint density at radius 1 is 1.13 bits per heavy atom. The molecule has 31 heavy (non-hydrogen) atoms. The van der Waals surface area contributed by atoms with Gasteiger partial charge >= 0.3 is 5.97 Å². The SMILES string of the molecule is CC1CC(C(=O)O)c2ccccc2N1C(=O)c1ccc(OCCC(C)(C)C(N)=O)cc1. The van der Waals surface area contributed by atoms with Gasteiger partial charge < -0.3 is 20.5 Å². The van der Waals surface area contributed by atoms with E-state index in [0.717, 1.165) is 0 Å². The molecular weight excluding hydrogens is 396 g/mol. The number of hydrogen-bond donors (Lipinski definition) is 2. The van der Waals surface area contributed by atoms with E-state index in [1.165, 1.54) is 0 Å². The average molecular weight is 424 g/mol. The van der Waals surface area contributed by atoms with E-state index in [4.69, 9.17) is 10.5 Å². The van der Waals surface area contributed by atoms with Crippen LogP contribution >= 0.6 is 0 Å². The molecule has 0 fully saturated rings. The van der Waals surface area contributed by atoms with Gasteiger partial charge in [0, 0.05) is 22.7 Å². The van der Waals surface area contributed by atoms with Crippen LogP contribution in [0.3, 0.4) is 0 Å². The number of carbonyl (C=O) groups excluding carboxylic acids is 2. The van der Waals surface area contributed by atoms with Gasteiger partial charge in [-0.3, -0.25) is 14.4 Å². The van der Waals surface area contributed by atoms with Gasteiger partial charge in [-0.1, -0.05) is 32.0 Å². The van der Waals surface area contributed by atoms with Gasteiger partial charge in [0.25, 0.3) is 5.91 Å². The first-order chi connectivity index (χ1) is 14.6. The van der Waals surface area contributed by atoms with Gasteiger partial charge in [-0.2, -0.15) is 0 Å². The first kappa shape index (κ1) is 22.3. The normalized spacial score (nSPS) is 18.2. The summed E-state index contributed by atoms with van der Waals surface area (Å²) in [5, 5.41) is 9.58. The molecule has 1 aliphatic rings. The third-order valence-electron chi connectivity index (χ3n) is 5.87. The summed E-state index contributed by atoms with van der Waals surface area (Å²) in [6, 6.07) is 13.7. The Bertz CT molecular complexity index is 984. The van der Waals surface area contributed by atoms with Gasteiger partial charge in [0.2, 0.25) is 5.91 Å². The van der Waals surface area contributed by atoms with Crippen molar-refractivity contribution >= 4 is 23.5 Å². The number of fused-ring (bicyclic) bond motifs is 1. The summed E-state index contributed by atoms with van der Waals surface area (Å²) < 4.78 is 5.69. The summed E-state index contributed by atoms with van der Waals surface area (Å²) in [5.41, 5.74) is 6.49. The number of carboxylic acid groups (broad SMARTS) is 1. The first-order valence-corrected chi connectivity index (χ1v) is 10.3. The Balaban J connectivity index is 1.75. The lowest BCUT2D eigenvalue weighted by Crippen LogP contribution is -2.44. The zero-order chi connectivity index (χ0) is 22.8. The fourth-order valence-corrected chi connectivity index (χ4v) is 3.74. The number of hydrogen-bond acceptors (Lipinski definition) is 4. The molecule has 3 N–H and O–H groups in total. The Kier molecular flexibility index (Phi) is 6.34. The molecule has 2 atom stereocenters. The number of primary amides is 1. The average Bonchev–Trinajstić information content (AvgIpc) is 2.73. The van der Waals surface area contributed by atoms with E-state index in [1.54, 1.807) is 67.3 Å². The molecule has 0 aliphatic carbocycles. The van der Waals surface area contributed by atoms with Crippen LogP contribution in [0.2, 0.25) is 0 Å². The van der Waals surface area contributed by atoms with Gasteiger partial charge in [-0.05, 0) is 55.7 Å². The number of carbonyl (C=O) groups is 3. The highest BCUT2D eigenvalue weighted by molar-refractivity contribution is 6.07. The molecule has 2 aromatic rings. The van der Waals surface area contributed by atoms with Crippen molar-refractivity contribution < 1.29 is 24.2 Å². The van der Waals surface area contributed by atoms with Gasteiger partial charge in [0.15, 0.2) is 0 Å². The lowest BCUT2D eigenvalue weighted by molar-refractivity contribution is -0.139. The molecular formula is C24H28N2O5. The maximum absolute atomic E-state index is 13.3. The van der Waals surface area contributed by atoms with E-state index in [-0.39, 0.29) is 17.9 Å². The van der Waals surface area contributed by atoms with E-state index in [0.29, 0.717) is 42.0 Å². The first-order valence-electron chi connectivity index (χ1n) is 10.3. The number of amides is 2. The second kappa shape index (κ2) is 8.79. The second-order valence-electron chi connectivity index (χ2n) is 8.58. The number of carboxylic acids is 1. The van der Waals surface area contributed by atoms with E-state index >= 15 is 0 Å². The fourth-order valence-electron chi connectivity index (χ4n) is 3.74. The van der Waals surface area contributed by atoms with E-state index in [2.05, 4.69) is 0 Å². The molecule has 0 aromatic heterocycles. The number of nitrogens with zero attached hydrogens (tertiary/aromatic N) is 1. The van der Waals surface area contributed by atoms with Crippen molar-refractivity contribution in [1.29, 1.82) is 0 Å². The maximum atomic E-state index is 13.3. The topological polar surface area (TPSA) is 110 Å². The maximum Gasteiger partial charge on any atom is 0.311 e. The number of nitrogens with two attached hydrogens (primary N) is 1. The van der Waals surface area contributed by atoms with Crippen molar-refractivity contribution in [2.75, 3.05) is 11.5 Å². The minimum Gasteiger partial charge on any atom is -0.494 e. The minimum atomic E-state index is -0.882. The summed E-state index contributed by atoms with van der Waals surface area (Å²) in [6.07, 6.45) is 0.838. The van der Waals surface area contributed by atoms with Crippen molar-refractivity contribution in [2.24, 2.45) is 11.1 Å². The molecule has 2 unspecified atom stereocenters. The molecule has 0 radical (unpaired) electrons. The monoisotopic (exact) mass is 424 g/mol. The molecule has 0 spiro atoms. The summed E-state index contributed by atoms with van der Waals surface area (Å²) >= 11 is 0. The van der Waals surface area contributed by atoms with E-state index < -0.39 is 17.3 Å². The van der Waals surface area contributed by atoms with Gasteiger partial charge in [-0.15, -0.1) is 0 Å².